The van der Waals surface area contributed by atoms with E-state index in [1.807, 2.05) is 13.0 Å². The van der Waals surface area contributed by atoms with Crippen LogP contribution >= 0.6 is 23.9 Å². The highest BCUT2D eigenvalue weighted by Crippen LogP contribution is 2.05. The van der Waals surface area contributed by atoms with E-state index in [2.05, 4.69) is 4.37 Å². The Balaban J connectivity index is 0.000000640. The molecule has 0 fully saturated rings. The average molecular weight is 165 g/mol. The Morgan fingerprint density at radius 1 is 1.78 bits per heavy atom. The van der Waals surface area contributed by atoms with E-state index in [-0.39, 0.29) is 12.4 Å². The number of nitrogens with zero attached hydrogens (tertiary/aromatic N) is 1. The summed E-state index contributed by atoms with van der Waals surface area (Å²) in [6.07, 6.45) is 0. The van der Waals surface area contributed by atoms with E-state index in [0.717, 1.165) is 5.69 Å². The van der Waals surface area contributed by atoms with Crippen LogP contribution in [0, 0.1) is 6.92 Å². The van der Waals surface area contributed by atoms with Gasteiger partial charge in [-0.1, -0.05) is 0 Å². The fraction of sp³-hybridized carbons (Fsp3) is 0.400. The van der Waals surface area contributed by atoms with E-state index >= 15 is 0 Å². The molecule has 0 bridgehead atoms. The molecule has 1 aromatic heterocycles. The predicted molar refractivity (Wildman–Crippen MR) is 42.0 cm³/mol. The van der Waals surface area contributed by atoms with Gasteiger partial charge in [0.2, 0.25) is 0 Å². The van der Waals surface area contributed by atoms with Gasteiger partial charge in [-0.15, -0.1) is 12.4 Å². The molecular weight excluding hydrogens is 156 g/mol. The molecule has 0 aliphatic heterocycles. The molecule has 0 radical (unpaired) electrons. The molecule has 0 amide bonds. The molecule has 0 saturated heterocycles. The van der Waals surface area contributed by atoms with Crippen molar-refractivity contribution in [2.75, 3.05) is 0 Å². The summed E-state index contributed by atoms with van der Waals surface area (Å²) < 4.78 is 4.05. The highest BCUT2D eigenvalue weighted by atomic mass is 35.5. The minimum Gasteiger partial charge on any atom is -0.325 e. The van der Waals surface area contributed by atoms with Crippen molar-refractivity contribution in [1.82, 2.24) is 4.37 Å². The van der Waals surface area contributed by atoms with Crippen LogP contribution in [0.3, 0.4) is 0 Å². The highest BCUT2D eigenvalue weighted by Gasteiger charge is 1.91. The number of rotatable bonds is 1. The van der Waals surface area contributed by atoms with Crippen LogP contribution in [0.4, 0.5) is 0 Å². The molecule has 2 nitrogen and oxygen atoms in total. The monoisotopic (exact) mass is 164 g/mol. The van der Waals surface area contributed by atoms with E-state index in [0.29, 0.717) is 6.54 Å². The minimum absolute atomic E-state index is 0. The summed E-state index contributed by atoms with van der Waals surface area (Å²) in [6, 6.07) is 2.00. The van der Waals surface area contributed by atoms with Crippen molar-refractivity contribution in [3.8, 4) is 0 Å². The number of halogens is 1. The lowest BCUT2D eigenvalue weighted by molar-refractivity contribution is 1.03. The molecule has 9 heavy (non-hydrogen) atoms. The van der Waals surface area contributed by atoms with Gasteiger partial charge in [0.05, 0.1) is 5.69 Å². The van der Waals surface area contributed by atoms with Crippen molar-refractivity contribution < 1.29 is 0 Å². The second-order valence-corrected chi connectivity index (χ2v) is 2.64. The number of nitrogens with two attached hydrogens (primary N) is 1. The number of aromatic nitrogens is 1. The van der Waals surface area contributed by atoms with Crippen molar-refractivity contribution in [3.05, 3.63) is 16.6 Å². The van der Waals surface area contributed by atoms with Gasteiger partial charge in [0, 0.05) is 11.4 Å². The van der Waals surface area contributed by atoms with Gasteiger partial charge >= 0.3 is 0 Å². The largest absolute Gasteiger partial charge is 0.325 e. The van der Waals surface area contributed by atoms with Gasteiger partial charge in [-0.25, -0.2) is 0 Å². The van der Waals surface area contributed by atoms with E-state index in [4.69, 9.17) is 5.73 Å². The van der Waals surface area contributed by atoms with Gasteiger partial charge < -0.3 is 5.73 Å². The second-order valence-electron chi connectivity index (χ2n) is 1.63. The third kappa shape index (κ3) is 2.30. The maximum absolute atomic E-state index is 5.31. The molecule has 0 aliphatic rings. The van der Waals surface area contributed by atoms with Crippen molar-refractivity contribution in [2.24, 2.45) is 5.73 Å². The SMILES string of the molecule is Cc1cc(CN)ns1.Cl. The summed E-state index contributed by atoms with van der Waals surface area (Å²) >= 11 is 1.50. The van der Waals surface area contributed by atoms with Gasteiger partial charge in [0.25, 0.3) is 0 Å². The Bertz CT molecular complexity index is 175. The molecule has 0 aromatic carbocycles. The number of hydrogen-bond acceptors (Lipinski definition) is 3. The number of aryl methyl sites for hydroxylation is 1. The first-order valence-electron chi connectivity index (χ1n) is 2.45. The van der Waals surface area contributed by atoms with Gasteiger partial charge in [0.1, 0.15) is 0 Å². The summed E-state index contributed by atoms with van der Waals surface area (Å²) in [6.45, 7) is 2.58. The molecule has 0 aliphatic carbocycles. The Kier molecular flexibility index (Phi) is 3.77. The third-order valence-electron chi connectivity index (χ3n) is 0.886. The normalized spacial score (nSPS) is 8.67. The second kappa shape index (κ2) is 3.82. The zero-order valence-electron chi connectivity index (χ0n) is 5.13. The quantitative estimate of drug-likeness (QED) is 0.681. The molecule has 1 rings (SSSR count). The molecule has 4 heteroatoms. The standard InChI is InChI=1S/C5H8N2S.ClH/c1-4-2-5(3-6)7-8-4;/h2H,3,6H2,1H3;1H. The summed E-state index contributed by atoms with van der Waals surface area (Å²) in [5.74, 6) is 0. The van der Waals surface area contributed by atoms with Gasteiger partial charge in [-0.2, -0.15) is 4.37 Å². The molecule has 0 spiro atoms. The first kappa shape index (κ1) is 8.88. The zero-order valence-corrected chi connectivity index (χ0v) is 6.76. The predicted octanol–water partition coefficient (Wildman–Crippen LogP) is 1.33. The molecule has 1 heterocycles. The number of hydrogen-bond donors (Lipinski definition) is 1. The van der Waals surface area contributed by atoms with E-state index in [1.165, 1.54) is 16.4 Å². The van der Waals surface area contributed by atoms with Gasteiger partial charge in [0.15, 0.2) is 0 Å². The van der Waals surface area contributed by atoms with Gasteiger partial charge in [-0.05, 0) is 24.5 Å². The molecule has 1 aromatic rings. The molecule has 52 valence electrons. The average Bonchev–Trinajstić information content (AvgIpc) is 2.14. The van der Waals surface area contributed by atoms with E-state index in [9.17, 15) is 0 Å². The summed E-state index contributed by atoms with van der Waals surface area (Å²) in [7, 11) is 0. The van der Waals surface area contributed by atoms with Crippen molar-refractivity contribution >= 4 is 23.9 Å². The van der Waals surface area contributed by atoms with E-state index < -0.39 is 0 Å². The summed E-state index contributed by atoms with van der Waals surface area (Å²) in [4.78, 5) is 1.23. The first-order chi connectivity index (χ1) is 3.83. The summed E-state index contributed by atoms with van der Waals surface area (Å²) in [5.41, 5.74) is 6.30. The lowest BCUT2D eigenvalue weighted by Gasteiger charge is -1.78. The molecule has 2 N–H and O–H groups in total. The highest BCUT2D eigenvalue weighted by molar-refractivity contribution is 7.05. The Hall–Kier alpha value is -0.120. The summed E-state index contributed by atoms with van der Waals surface area (Å²) in [5, 5.41) is 0. The molecular formula is C5H9ClN2S. The van der Waals surface area contributed by atoms with Crippen LogP contribution < -0.4 is 5.73 Å². The fourth-order valence-electron chi connectivity index (χ4n) is 0.514. The zero-order chi connectivity index (χ0) is 5.98. The van der Waals surface area contributed by atoms with Crippen LogP contribution in [0.15, 0.2) is 6.07 Å². The van der Waals surface area contributed by atoms with Crippen LogP contribution in [-0.2, 0) is 6.54 Å². The molecule has 0 unspecified atom stereocenters. The van der Waals surface area contributed by atoms with E-state index in [1.54, 1.807) is 0 Å². The smallest absolute Gasteiger partial charge is 0.0680 e. The minimum atomic E-state index is 0. The Morgan fingerprint density at radius 3 is 2.67 bits per heavy atom. The van der Waals surface area contributed by atoms with Crippen LogP contribution in [-0.4, -0.2) is 4.37 Å². The fourth-order valence-corrected chi connectivity index (χ4v) is 1.09. The topological polar surface area (TPSA) is 38.9 Å². The van der Waals surface area contributed by atoms with Crippen LogP contribution in [0.5, 0.6) is 0 Å². The first-order valence-corrected chi connectivity index (χ1v) is 3.22. The maximum atomic E-state index is 5.31. The van der Waals surface area contributed by atoms with Crippen LogP contribution in [0.2, 0.25) is 0 Å². The van der Waals surface area contributed by atoms with Crippen molar-refractivity contribution in [2.45, 2.75) is 13.5 Å². The van der Waals surface area contributed by atoms with Gasteiger partial charge in [-0.3, -0.25) is 0 Å². The van der Waals surface area contributed by atoms with Crippen molar-refractivity contribution in [3.63, 3.8) is 0 Å². The molecule has 0 saturated carbocycles. The van der Waals surface area contributed by atoms with Crippen LogP contribution in [0.1, 0.15) is 10.6 Å². The Morgan fingerprint density at radius 2 is 2.44 bits per heavy atom. The Labute approximate surface area is 64.7 Å². The van der Waals surface area contributed by atoms with Crippen LogP contribution in [0.25, 0.3) is 0 Å². The maximum Gasteiger partial charge on any atom is 0.0680 e. The lowest BCUT2D eigenvalue weighted by Crippen LogP contribution is -1.94. The lowest BCUT2D eigenvalue weighted by atomic mass is 10.4. The third-order valence-corrected chi connectivity index (χ3v) is 1.62. The molecule has 0 atom stereocenters. The van der Waals surface area contributed by atoms with Crippen molar-refractivity contribution in [1.29, 1.82) is 0 Å².